The van der Waals surface area contributed by atoms with Gasteiger partial charge in [-0.05, 0) is 5.56 Å². The Bertz CT molecular complexity index is 851. The molecule has 3 aromatic rings. The zero-order valence-corrected chi connectivity index (χ0v) is 14.9. The highest BCUT2D eigenvalue weighted by Gasteiger charge is 2.20. The quantitative estimate of drug-likeness (QED) is 0.704. The summed E-state index contributed by atoms with van der Waals surface area (Å²) in [6.45, 7) is 3.07. The van der Waals surface area contributed by atoms with Crippen LogP contribution in [0.1, 0.15) is 16.6 Å². The highest BCUT2D eigenvalue weighted by atomic mass is 32.1. The molecular weight excluding hydrogens is 350 g/mol. The zero-order chi connectivity index (χ0) is 17.8. The molecule has 0 spiro atoms. The summed E-state index contributed by atoms with van der Waals surface area (Å²) in [6.07, 6.45) is 1.57. The monoisotopic (exact) mass is 369 g/mol. The Balaban J connectivity index is 1.61. The molecule has 1 aromatic carbocycles. The highest BCUT2D eigenvalue weighted by molar-refractivity contribution is 7.15. The molecule has 1 fully saturated rings. The van der Waals surface area contributed by atoms with Crippen molar-refractivity contribution >= 4 is 28.1 Å². The van der Waals surface area contributed by atoms with Crippen LogP contribution in [0.4, 0.5) is 16.8 Å². The number of morpholine rings is 1. The Morgan fingerprint density at radius 2 is 1.92 bits per heavy atom. The van der Waals surface area contributed by atoms with Gasteiger partial charge in [0.05, 0.1) is 13.2 Å². The van der Waals surface area contributed by atoms with Gasteiger partial charge in [-0.3, -0.25) is 0 Å². The van der Waals surface area contributed by atoms with Crippen LogP contribution in [0.3, 0.4) is 0 Å². The van der Waals surface area contributed by atoms with Gasteiger partial charge in [0.1, 0.15) is 29.0 Å². The van der Waals surface area contributed by atoms with E-state index in [1.165, 1.54) is 11.3 Å². The summed E-state index contributed by atoms with van der Waals surface area (Å²) in [5.41, 5.74) is 6.85. The Kier molecular flexibility index (Phi) is 4.89. The SMILES string of the molecule is Nc1nnc(C(Nc2cc(N3CCOCC3)ncn2)c2ccccc2)s1. The molecule has 1 atom stereocenters. The van der Waals surface area contributed by atoms with Gasteiger partial charge in [-0.15, -0.1) is 10.2 Å². The van der Waals surface area contributed by atoms with Crippen LogP contribution in [-0.2, 0) is 4.74 Å². The molecule has 1 unspecified atom stereocenters. The third-order valence-electron chi connectivity index (χ3n) is 4.12. The maximum atomic E-state index is 5.78. The molecule has 0 bridgehead atoms. The lowest BCUT2D eigenvalue weighted by molar-refractivity contribution is 0.122. The van der Waals surface area contributed by atoms with Gasteiger partial charge in [-0.2, -0.15) is 0 Å². The molecule has 0 amide bonds. The van der Waals surface area contributed by atoms with Gasteiger partial charge < -0.3 is 20.7 Å². The minimum absolute atomic E-state index is 0.182. The highest BCUT2D eigenvalue weighted by Crippen LogP contribution is 2.29. The fraction of sp³-hybridized carbons (Fsp3) is 0.294. The molecule has 0 radical (unpaired) electrons. The van der Waals surface area contributed by atoms with Crippen molar-refractivity contribution in [3.05, 3.63) is 53.3 Å². The first-order chi connectivity index (χ1) is 12.8. The van der Waals surface area contributed by atoms with Crippen LogP contribution in [-0.4, -0.2) is 46.5 Å². The number of rotatable bonds is 5. The Morgan fingerprint density at radius 1 is 1.12 bits per heavy atom. The van der Waals surface area contributed by atoms with Crippen molar-refractivity contribution in [2.45, 2.75) is 6.04 Å². The molecule has 0 saturated carbocycles. The van der Waals surface area contributed by atoms with E-state index in [2.05, 4.69) is 30.4 Å². The maximum absolute atomic E-state index is 5.78. The lowest BCUT2D eigenvalue weighted by Crippen LogP contribution is -2.36. The molecule has 0 aliphatic carbocycles. The van der Waals surface area contributed by atoms with E-state index >= 15 is 0 Å². The number of hydrogen-bond acceptors (Lipinski definition) is 9. The summed E-state index contributed by atoms with van der Waals surface area (Å²) in [4.78, 5) is 11.0. The van der Waals surface area contributed by atoms with E-state index in [0.29, 0.717) is 18.3 Å². The first-order valence-corrected chi connectivity index (χ1v) is 9.16. The Labute approximate surface area is 155 Å². The lowest BCUT2D eigenvalue weighted by atomic mass is 10.1. The second-order valence-corrected chi connectivity index (χ2v) is 6.87. The summed E-state index contributed by atoms with van der Waals surface area (Å²) in [7, 11) is 0. The van der Waals surface area contributed by atoms with Gasteiger partial charge in [0.25, 0.3) is 0 Å². The predicted molar refractivity (Wildman–Crippen MR) is 101 cm³/mol. The van der Waals surface area contributed by atoms with E-state index in [0.717, 1.165) is 35.3 Å². The zero-order valence-electron chi connectivity index (χ0n) is 14.1. The second kappa shape index (κ2) is 7.63. The summed E-state index contributed by atoms with van der Waals surface area (Å²) < 4.78 is 5.41. The summed E-state index contributed by atoms with van der Waals surface area (Å²) >= 11 is 1.36. The number of nitrogens with one attached hydrogen (secondary N) is 1. The first-order valence-electron chi connectivity index (χ1n) is 8.35. The van der Waals surface area contributed by atoms with Crippen LogP contribution in [0.25, 0.3) is 0 Å². The number of hydrogen-bond donors (Lipinski definition) is 2. The number of nitrogens with zero attached hydrogens (tertiary/aromatic N) is 5. The molecule has 1 aliphatic heterocycles. The normalized spacial score (nSPS) is 15.6. The first kappa shape index (κ1) is 16.7. The minimum atomic E-state index is -0.182. The van der Waals surface area contributed by atoms with E-state index < -0.39 is 0 Å². The molecule has 3 N–H and O–H groups in total. The van der Waals surface area contributed by atoms with E-state index in [1.807, 2.05) is 36.4 Å². The fourth-order valence-electron chi connectivity index (χ4n) is 2.84. The average Bonchev–Trinajstić information content (AvgIpc) is 3.14. The molecule has 1 aliphatic rings. The van der Waals surface area contributed by atoms with Crippen LogP contribution in [0.5, 0.6) is 0 Å². The number of benzene rings is 1. The molecule has 8 nitrogen and oxygen atoms in total. The Morgan fingerprint density at radius 3 is 2.65 bits per heavy atom. The molecule has 2 aromatic heterocycles. The summed E-state index contributed by atoms with van der Waals surface area (Å²) in [6, 6.07) is 11.8. The van der Waals surface area contributed by atoms with Crippen molar-refractivity contribution in [2.75, 3.05) is 42.3 Å². The van der Waals surface area contributed by atoms with Crippen LogP contribution in [0, 0.1) is 0 Å². The van der Waals surface area contributed by atoms with Crippen LogP contribution >= 0.6 is 11.3 Å². The van der Waals surface area contributed by atoms with Crippen LogP contribution in [0.2, 0.25) is 0 Å². The minimum Gasteiger partial charge on any atom is -0.378 e. The van der Waals surface area contributed by atoms with E-state index in [-0.39, 0.29) is 6.04 Å². The number of ether oxygens (including phenoxy) is 1. The van der Waals surface area contributed by atoms with E-state index in [1.54, 1.807) is 6.33 Å². The number of nitrogens with two attached hydrogens (primary N) is 1. The third kappa shape index (κ3) is 3.73. The number of anilines is 3. The van der Waals surface area contributed by atoms with Crippen molar-refractivity contribution in [1.82, 2.24) is 20.2 Å². The number of aromatic nitrogens is 4. The van der Waals surface area contributed by atoms with Gasteiger partial charge in [0.15, 0.2) is 0 Å². The molecular formula is C17H19N7OS. The number of nitrogen functional groups attached to an aromatic ring is 1. The molecule has 4 rings (SSSR count). The van der Waals surface area contributed by atoms with Gasteiger partial charge >= 0.3 is 0 Å². The molecule has 26 heavy (non-hydrogen) atoms. The second-order valence-electron chi connectivity index (χ2n) is 5.83. The standard InChI is InChI=1S/C17H19N7OS/c18-17-23-22-16(26-17)15(12-4-2-1-3-5-12)21-13-10-14(20-11-19-13)24-6-8-25-9-7-24/h1-5,10-11,15H,6-9H2,(H2,18,23)(H,19,20,21). The largest absolute Gasteiger partial charge is 0.378 e. The van der Waals surface area contributed by atoms with Crippen molar-refractivity contribution in [1.29, 1.82) is 0 Å². The third-order valence-corrected chi connectivity index (χ3v) is 4.93. The van der Waals surface area contributed by atoms with Crippen molar-refractivity contribution in [3.63, 3.8) is 0 Å². The topological polar surface area (TPSA) is 102 Å². The van der Waals surface area contributed by atoms with Crippen molar-refractivity contribution < 1.29 is 4.74 Å². The lowest BCUT2D eigenvalue weighted by Gasteiger charge is -2.28. The van der Waals surface area contributed by atoms with E-state index in [9.17, 15) is 0 Å². The maximum Gasteiger partial charge on any atom is 0.203 e. The molecule has 9 heteroatoms. The molecule has 134 valence electrons. The average molecular weight is 369 g/mol. The predicted octanol–water partition coefficient (Wildman–Crippen LogP) is 1.95. The summed E-state index contributed by atoms with van der Waals surface area (Å²) in [5.74, 6) is 1.61. The van der Waals surface area contributed by atoms with Crippen molar-refractivity contribution in [2.24, 2.45) is 0 Å². The van der Waals surface area contributed by atoms with Gasteiger partial charge in [0.2, 0.25) is 5.13 Å². The van der Waals surface area contributed by atoms with Gasteiger partial charge in [-0.1, -0.05) is 41.7 Å². The van der Waals surface area contributed by atoms with Gasteiger partial charge in [0, 0.05) is 19.2 Å². The molecule has 1 saturated heterocycles. The van der Waals surface area contributed by atoms with Gasteiger partial charge in [-0.25, -0.2) is 9.97 Å². The Hall–Kier alpha value is -2.78. The van der Waals surface area contributed by atoms with Crippen LogP contribution < -0.4 is 16.0 Å². The molecule has 3 heterocycles. The summed E-state index contributed by atoms with van der Waals surface area (Å²) in [5, 5.41) is 12.8. The van der Waals surface area contributed by atoms with E-state index in [4.69, 9.17) is 10.5 Å². The van der Waals surface area contributed by atoms with Crippen molar-refractivity contribution in [3.8, 4) is 0 Å². The smallest absolute Gasteiger partial charge is 0.203 e. The fourth-order valence-corrected chi connectivity index (χ4v) is 3.53. The van der Waals surface area contributed by atoms with Crippen LogP contribution in [0.15, 0.2) is 42.7 Å².